The van der Waals surface area contributed by atoms with E-state index in [1.807, 2.05) is 30.3 Å². The summed E-state index contributed by atoms with van der Waals surface area (Å²) in [4.78, 5) is 27.5. The van der Waals surface area contributed by atoms with E-state index in [1.165, 1.54) is 12.1 Å². The van der Waals surface area contributed by atoms with Gasteiger partial charge in [-0.2, -0.15) is 0 Å². The number of ether oxygens (including phenoxy) is 1. The van der Waals surface area contributed by atoms with Crippen LogP contribution in [0.4, 0.5) is 0 Å². The van der Waals surface area contributed by atoms with Crippen LogP contribution in [0, 0.1) is 5.92 Å². The zero-order chi connectivity index (χ0) is 25.7. The van der Waals surface area contributed by atoms with Crippen LogP contribution in [0.1, 0.15) is 31.4 Å². The van der Waals surface area contributed by atoms with Gasteiger partial charge in [-0.25, -0.2) is 18.2 Å². The predicted molar refractivity (Wildman–Crippen MR) is 132 cm³/mol. The number of likely N-dealkylation sites (tertiary alicyclic amines) is 1. The van der Waals surface area contributed by atoms with Gasteiger partial charge < -0.3 is 9.64 Å². The standard InChI is InChI=1S/C25H29N5O5S/c1-2-35-25(32)20-12-14-29(15-13-20)24(31)23(16-18-6-4-3-5-7-18)30-17-22(27-28-30)19-8-10-21(11-9-19)36(26,33)34/h3-11,17,20,23H,2,12-16H2,1H3,(H2,26,33,34)/t23-/m0/s1. The highest BCUT2D eigenvalue weighted by molar-refractivity contribution is 7.89. The third kappa shape index (κ3) is 5.97. The smallest absolute Gasteiger partial charge is 0.309 e. The summed E-state index contributed by atoms with van der Waals surface area (Å²) in [5.41, 5.74) is 2.13. The van der Waals surface area contributed by atoms with Crippen molar-refractivity contribution in [2.75, 3.05) is 19.7 Å². The van der Waals surface area contributed by atoms with Crippen LogP contribution >= 0.6 is 0 Å². The first-order chi connectivity index (χ1) is 17.3. The molecule has 0 unspecified atom stereocenters. The van der Waals surface area contributed by atoms with E-state index in [0.717, 1.165) is 5.56 Å². The van der Waals surface area contributed by atoms with Gasteiger partial charge in [0.25, 0.3) is 0 Å². The quantitative estimate of drug-likeness (QED) is 0.458. The lowest BCUT2D eigenvalue weighted by atomic mass is 9.96. The number of carbonyl (C=O) groups excluding carboxylic acids is 2. The molecule has 0 aliphatic carbocycles. The fourth-order valence-corrected chi connectivity index (χ4v) is 4.83. The molecule has 11 heteroatoms. The molecular formula is C25H29N5O5S. The van der Waals surface area contributed by atoms with Gasteiger partial charge in [-0.05, 0) is 37.5 Å². The van der Waals surface area contributed by atoms with Gasteiger partial charge >= 0.3 is 5.97 Å². The molecular weight excluding hydrogens is 482 g/mol. The van der Waals surface area contributed by atoms with Crippen molar-refractivity contribution in [3.05, 3.63) is 66.4 Å². The molecule has 1 atom stereocenters. The van der Waals surface area contributed by atoms with Crippen molar-refractivity contribution in [1.82, 2.24) is 19.9 Å². The molecule has 1 aliphatic rings. The van der Waals surface area contributed by atoms with E-state index >= 15 is 0 Å². The average Bonchev–Trinajstić information content (AvgIpc) is 3.37. The van der Waals surface area contributed by atoms with Crippen LogP contribution in [0.15, 0.2) is 65.7 Å². The van der Waals surface area contributed by atoms with Gasteiger partial charge in [-0.15, -0.1) is 5.10 Å². The Balaban J connectivity index is 1.55. The number of nitrogens with zero attached hydrogens (tertiary/aromatic N) is 4. The van der Waals surface area contributed by atoms with Gasteiger partial charge in [0.15, 0.2) is 0 Å². The molecule has 0 spiro atoms. The Morgan fingerprint density at radius 2 is 1.75 bits per heavy atom. The number of piperidine rings is 1. The van der Waals surface area contributed by atoms with Crippen molar-refractivity contribution in [3.63, 3.8) is 0 Å². The number of hydrogen-bond donors (Lipinski definition) is 1. The highest BCUT2D eigenvalue weighted by Crippen LogP contribution is 2.25. The van der Waals surface area contributed by atoms with Crippen molar-refractivity contribution in [2.45, 2.75) is 37.1 Å². The number of aromatic nitrogens is 3. The summed E-state index contributed by atoms with van der Waals surface area (Å²) in [5, 5.41) is 13.6. The van der Waals surface area contributed by atoms with Gasteiger partial charge in [0.1, 0.15) is 11.7 Å². The second-order valence-electron chi connectivity index (χ2n) is 8.71. The Bertz CT molecular complexity index is 1300. The summed E-state index contributed by atoms with van der Waals surface area (Å²) < 4.78 is 29.8. The number of benzene rings is 2. The molecule has 1 saturated heterocycles. The molecule has 2 heterocycles. The largest absolute Gasteiger partial charge is 0.466 e. The number of nitrogens with two attached hydrogens (primary N) is 1. The third-order valence-electron chi connectivity index (χ3n) is 6.29. The zero-order valence-electron chi connectivity index (χ0n) is 20.0. The van der Waals surface area contributed by atoms with Crippen molar-refractivity contribution in [3.8, 4) is 11.3 Å². The highest BCUT2D eigenvalue weighted by atomic mass is 32.2. The van der Waals surface area contributed by atoms with Crippen LogP contribution in [-0.4, -0.2) is 59.9 Å². The second-order valence-corrected chi connectivity index (χ2v) is 10.3. The molecule has 2 aromatic carbocycles. The molecule has 3 aromatic rings. The second kappa shape index (κ2) is 11.0. The summed E-state index contributed by atoms with van der Waals surface area (Å²) in [7, 11) is -3.80. The van der Waals surface area contributed by atoms with E-state index in [4.69, 9.17) is 9.88 Å². The zero-order valence-corrected chi connectivity index (χ0v) is 20.8. The number of amides is 1. The van der Waals surface area contributed by atoms with Crippen molar-refractivity contribution < 1.29 is 22.7 Å². The Labute approximate surface area is 210 Å². The Hall–Kier alpha value is -3.57. The molecule has 1 fully saturated rings. The minimum Gasteiger partial charge on any atom is -0.466 e. The number of sulfonamides is 1. The molecule has 1 aliphatic heterocycles. The lowest BCUT2D eigenvalue weighted by molar-refractivity contribution is -0.151. The first-order valence-electron chi connectivity index (χ1n) is 11.8. The summed E-state index contributed by atoms with van der Waals surface area (Å²) in [6.07, 6.45) is 3.22. The minimum absolute atomic E-state index is 0.00185. The van der Waals surface area contributed by atoms with Gasteiger partial charge in [0, 0.05) is 25.1 Å². The van der Waals surface area contributed by atoms with Crippen LogP contribution < -0.4 is 5.14 Å². The average molecular weight is 512 g/mol. The maximum Gasteiger partial charge on any atom is 0.309 e. The molecule has 1 aromatic heterocycles. The Kier molecular flexibility index (Phi) is 7.80. The van der Waals surface area contributed by atoms with Crippen molar-refractivity contribution >= 4 is 21.9 Å². The summed E-state index contributed by atoms with van der Waals surface area (Å²) in [5.74, 6) is -0.498. The lowest BCUT2D eigenvalue weighted by Crippen LogP contribution is -2.44. The van der Waals surface area contributed by atoms with Crippen LogP contribution in [-0.2, 0) is 30.8 Å². The maximum atomic E-state index is 13.6. The molecule has 4 rings (SSSR count). The van der Waals surface area contributed by atoms with Crippen LogP contribution in [0.25, 0.3) is 11.3 Å². The number of primary sulfonamides is 1. The minimum atomic E-state index is -3.80. The first kappa shape index (κ1) is 25.5. The SMILES string of the molecule is CCOC(=O)C1CCN(C(=O)[C@H](Cc2ccccc2)n2cc(-c3ccc(S(N)(=O)=O)cc3)nn2)CC1. The molecule has 2 N–H and O–H groups in total. The van der Waals surface area contributed by atoms with E-state index in [2.05, 4.69) is 10.3 Å². The van der Waals surface area contributed by atoms with Gasteiger partial charge in [0.2, 0.25) is 15.9 Å². The molecule has 190 valence electrons. The predicted octanol–water partition coefficient (Wildman–Crippen LogP) is 2.18. The van der Waals surface area contributed by atoms with E-state index in [9.17, 15) is 18.0 Å². The van der Waals surface area contributed by atoms with E-state index in [-0.39, 0.29) is 22.7 Å². The third-order valence-corrected chi connectivity index (χ3v) is 7.22. The lowest BCUT2D eigenvalue weighted by Gasteiger charge is -2.33. The maximum absolute atomic E-state index is 13.6. The topological polar surface area (TPSA) is 137 Å². The van der Waals surface area contributed by atoms with Gasteiger partial charge in [-0.3, -0.25) is 9.59 Å². The van der Waals surface area contributed by atoms with Crippen LogP contribution in [0.2, 0.25) is 0 Å². The molecule has 0 saturated carbocycles. The molecule has 1 amide bonds. The number of esters is 1. The normalized spacial score (nSPS) is 15.4. The van der Waals surface area contributed by atoms with Crippen LogP contribution in [0.3, 0.4) is 0 Å². The number of rotatable bonds is 8. The highest BCUT2D eigenvalue weighted by Gasteiger charge is 2.33. The summed E-state index contributed by atoms with van der Waals surface area (Å²) in [6.45, 7) is 3.05. The molecule has 0 radical (unpaired) electrons. The molecule has 36 heavy (non-hydrogen) atoms. The van der Waals surface area contributed by atoms with E-state index < -0.39 is 16.1 Å². The van der Waals surface area contributed by atoms with E-state index in [1.54, 1.807) is 34.8 Å². The van der Waals surface area contributed by atoms with Crippen LogP contribution in [0.5, 0.6) is 0 Å². The fraction of sp³-hybridized carbons (Fsp3) is 0.360. The van der Waals surface area contributed by atoms with Gasteiger partial charge in [0.05, 0.1) is 23.6 Å². The fourth-order valence-electron chi connectivity index (χ4n) is 4.31. The summed E-state index contributed by atoms with van der Waals surface area (Å²) in [6, 6.07) is 15.0. The van der Waals surface area contributed by atoms with Gasteiger partial charge in [-0.1, -0.05) is 47.7 Å². The summed E-state index contributed by atoms with van der Waals surface area (Å²) >= 11 is 0. The molecule has 10 nitrogen and oxygen atoms in total. The molecule has 0 bridgehead atoms. The van der Waals surface area contributed by atoms with Crippen molar-refractivity contribution in [1.29, 1.82) is 0 Å². The van der Waals surface area contributed by atoms with Crippen molar-refractivity contribution in [2.24, 2.45) is 11.1 Å². The van der Waals surface area contributed by atoms with E-state index in [0.29, 0.717) is 50.2 Å². The first-order valence-corrected chi connectivity index (χ1v) is 13.4. The number of hydrogen-bond acceptors (Lipinski definition) is 7. The number of carbonyl (C=O) groups is 2. The Morgan fingerprint density at radius 3 is 2.36 bits per heavy atom. The Morgan fingerprint density at radius 1 is 1.08 bits per heavy atom. The monoisotopic (exact) mass is 511 g/mol.